The topological polar surface area (TPSA) is 46.0 Å². The van der Waals surface area contributed by atoms with Crippen LogP contribution in [-0.4, -0.2) is 21.5 Å². The van der Waals surface area contributed by atoms with Crippen molar-refractivity contribution in [2.45, 2.75) is 12.3 Å². The van der Waals surface area contributed by atoms with E-state index in [0.717, 1.165) is 6.07 Å². The van der Waals surface area contributed by atoms with Crippen LogP contribution in [0.5, 0.6) is 0 Å². The third kappa shape index (κ3) is 2.46. The van der Waals surface area contributed by atoms with Crippen LogP contribution in [0.2, 0.25) is 10.3 Å². The summed E-state index contributed by atoms with van der Waals surface area (Å²) in [6, 6.07) is 0.815. The molecule has 0 aromatic carbocycles. The van der Waals surface area contributed by atoms with Gasteiger partial charge in [0, 0.05) is 5.56 Å². The van der Waals surface area contributed by atoms with Crippen molar-refractivity contribution < 1.29 is 18.3 Å². The van der Waals surface area contributed by atoms with E-state index in [4.69, 9.17) is 28.3 Å². The molecule has 0 aliphatic rings. The van der Waals surface area contributed by atoms with Crippen molar-refractivity contribution >= 4 is 23.2 Å². The van der Waals surface area contributed by atoms with Crippen molar-refractivity contribution in [1.82, 2.24) is 10.2 Å². The van der Waals surface area contributed by atoms with E-state index in [9.17, 15) is 13.2 Å². The van der Waals surface area contributed by atoms with E-state index < -0.39 is 23.0 Å². The van der Waals surface area contributed by atoms with Crippen LogP contribution in [0.1, 0.15) is 11.7 Å². The number of aliphatic hydroxyl groups excluding tert-OH is 1. The van der Waals surface area contributed by atoms with Gasteiger partial charge in [0.2, 0.25) is 0 Å². The maximum absolute atomic E-state index is 12.0. The van der Waals surface area contributed by atoms with Crippen molar-refractivity contribution in [3.8, 4) is 0 Å². The average molecular weight is 247 g/mol. The van der Waals surface area contributed by atoms with Crippen molar-refractivity contribution in [3.05, 3.63) is 21.9 Å². The Hall–Kier alpha value is -0.590. The molecule has 1 N–H and O–H groups in total. The quantitative estimate of drug-likeness (QED) is 0.828. The normalized spacial score (nSPS) is 14.1. The molecule has 0 radical (unpaired) electrons. The molecule has 0 bridgehead atoms. The maximum atomic E-state index is 12.0. The van der Waals surface area contributed by atoms with Crippen LogP contribution in [-0.2, 0) is 0 Å². The average Bonchev–Trinajstić information content (AvgIpc) is 2.06. The van der Waals surface area contributed by atoms with Gasteiger partial charge in [0.1, 0.15) is 0 Å². The highest BCUT2D eigenvalue weighted by Crippen LogP contribution is 2.35. The first kappa shape index (κ1) is 11.5. The summed E-state index contributed by atoms with van der Waals surface area (Å²) in [4.78, 5) is 0. The molecule has 1 aromatic heterocycles. The Bertz CT molecular complexity index is 344. The predicted molar refractivity (Wildman–Crippen MR) is 43.1 cm³/mol. The van der Waals surface area contributed by atoms with Crippen molar-refractivity contribution in [1.29, 1.82) is 0 Å². The summed E-state index contributed by atoms with van der Waals surface area (Å²) in [5.74, 6) is 0. The van der Waals surface area contributed by atoms with Crippen molar-refractivity contribution in [2.75, 3.05) is 0 Å². The number of aliphatic hydroxyl groups is 1. The van der Waals surface area contributed by atoms with E-state index >= 15 is 0 Å². The summed E-state index contributed by atoms with van der Waals surface area (Å²) in [7, 11) is 0. The Balaban J connectivity index is 3.12. The van der Waals surface area contributed by atoms with Gasteiger partial charge in [0.25, 0.3) is 0 Å². The maximum Gasteiger partial charge on any atom is 0.418 e. The van der Waals surface area contributed by atoms with Crippen LogP contribution in [0, 0.1) is 0 Å². The molecule has 3 nitrogen and oxygen atoms in total. The van der Waals surface area contributed by atoms with E-state index in [1.54, 1.807) is 0 Å². The standard InChI is InChI=1S/C6H3Cl2F3N2O/c7-3-1-2(5(8)13-12-3)4(14)6(9,10)11/h1,4,14H. The van der Waals surface area contributed by atoms with Crippen molar-refractivity contribution in [3.63, 3.8) is 0 Å². The van der Waals surface area contributed by atoms with Crippen LogP contribution in [0.25, 0.3) is 0 Å². The molecule has 1 heterocycles. The molecular formula is C6H3Cl2F3N2O. The van der Waals surface area contributed by atoms with Crippen LogP contribution in [0.3, 0.4) is 0 Å². The first-order valence-corrected chi connectivity index (χ1v) is 4.01. The van der Waals surface area contributed by atoms with Gasteiger partial charge >= 0.3 is 6.18 Å². The zero-order valence-electron chi connectivity index (χ0n) is 6.39. The van der Waals surface area contributed by atoms with E-state index in [1.807, 2.05) is 0 Å². The fraction of sp³-hybridized carbons (Fsp3) is 0.333. The second-order valence-corrected chi connectivity index (χ2v) is 3.10. The molecule has 1 atom stereocenters. The third-order valence-electron chi connectivity index (χ3n) is 1.35. The third-order valence-corrected chi connectivity index (χ3v) is 1.83. The fourth-order valence-electron chi connectivity index (χ4n) is 0.734. The summed E-state index contributed by atoms with van der Waals surface area (Å²) in [6.45, 7) is 0. The molecule has 0 fully saturated rings. The van der Waals surface area contributed by atoms with Gasteiger partial charge in [-0.25, -0.2) is 0 Å². The highest BCUT2D eigenvalue weighted by molar-refractivity contribution is 6.31. The summed E-state index contributed by atoms with van der Waals surface area (Å²) in [5.41, 5.74) is -0.612. The van der Waals surface area contributed by atoms with Gasteiger partial charge in [0.05, 0.1) is 0 Å². The molecule has 0 amide bonds. The zero-order chi connectivity index (χ0) is 10.9. The van der Waals surface area contributed by atoms with Crippen LogP contribution >= 0.6 is 23.2 Å². The van der Waals surface area contributed by atoms with E-state index in [-0.39, 0.29) is 5.15 Å². The Morgan fingerprint density at radius 2 is 1.86 bits per heavy atom. The molecule has 8 heteroatoms. The van der Waals surface area contributed by atoms with Gasteiger partial charge < -0.3 is 5.11 Å². The number of rotatable bonds is 1. The lowest BCUT2D eigenvalue weighted by atomic mass is 10.2. The smallest absolute Gasteiger partial charge is 0.379 e. The largest absolute Gasteiger partial charge is 0.418 e. The molecule has 14 heavy (non-hydrogen) atoms. The second-order valence-electron chi connectivity index (χ2n) is 2.36. The monoisotopic (exact) mass is 246 g/mol. The Kier molecular flexibility index (Phi) is 3.18. The number of hydrogen-bond acceptors (Lipinski definition) is 3. The highest BCUT2D eigenvalue weighted by Gasteiger charge is 2.41. The van der Waals surface area contributed by atoms with Gasteiger partial charge in [-0.15, -0.1) is 10.2 Å². The van der Waals surface area contributed by atoms with Crippen LogP contribution < -0.4 is 0 Å². The summed E-state index contributed by atoms with van der Waals surface area (Å²) < 4.78 is 36.1. The summed E-state index contributed by atoms with van der Waals surface area (Å²) >= 11 is 10.6. The SMILES string of the molecule is OC(c1cc(Cl)nnc1Cl)C(F)(F)F. The highest BCUT2D eigenvalue weighted by atomic mass is 35.5. The first-order valence-electron chi connectivity index (χ1n) is 3.26. The fourth-order valence-corrected chi connectivity index (χ4v) is 1.09. The van der Waals surface area contributed by atoms with Gasteiger partial charge in [-0.05, 0) is 6.07 Å². The number of hydrogen-bond donors (Lipinski definition) is 1. The Morgan fingerprint density at radius 3 is 2.36 bits per heavy atom. The van der Waals surface area contributed by atoms with Crippen LogP contribution in [0.15, 0.2) is 6.07 Å². The van der Waals surface area contributed by atoms with Gasteiger partial charge in [-0.3, -0.25) is 0 Å². The number of halogens is 5. The minimum atomic E-state index is -4.81. The number of nitrogens with zero attached hydrogens (tertiary/aromatic N) is 2. The molecule has 1 unspecified atom stereocenters. The Morgan fingerprint density at radius 1 is 1.29 bits per heavy atom. The van der Waals surface area contributed by atoms with Gasteiger partial charge in [-0.1, -0.05) is 23.2 Å². The second kappa shape index (κ2) is 3.88. The molecule has 78 valence electrons. The van der Waals surface area contributed by atoms with E-state index in [2.05, 4.69) is 10.2 Å². The summed E-state index contributed by atoms with van der Waals surface area (Å²) in [5, 5.41) is 14.4. The summed E-state index contributed by atoms with van der Waals surface area (Å²) in [6.07, 6.45) is -7.52. The molecule has 1 rings (SSSR count). The lowest BCUT2D eigenvalue weighted by molar-refractivity contribution is -0.206. The lowest BCUT2D eigenvalue weighted by Gasteiger charge is -2.14. The van der Waals surface area contributed by atoms with Crippen molar-refractivity contribution in [2.24, 2.45) is 0 Å². The van der Waals surface area contributed by atoms with Gasteiger partial charge in [-0.2, -0.15) is 13.2 Å². The predicted octanol–water partition coefficient (Wildman–Crippen LogP) is 2.38. The minimum Gasteiger partial charge on any atom is -0.379 e. The van der Waals surface area contributed by atoms with Gasteiger partial charge in [0.15, 0.2) is 16.4 Å². The molecular weight excluding hydrogens is 244 g/mol. The van der Waals surface area contributed by atoms with Crippen LogP contribution in [0.4, 0.5) is 13.2 Å². The number of aromatic nitrogens is 2. The van der Waals surface area contributed by atoms with E-state index in [1.165, 1.54) is 0 Å². The number of alkyl halides is 3. The molecule has 0 saturated heterocycles. The first-order chi connectivity index (χ1) is 6.32. The molecule has 0 aliphatic carbocycles. The molecule has 1 aromatic rings. The molecule has 0 saturated carbocycles. The minimum absolute atomic E-state index is 0.271. The molecule has 0 spiro atoms. The lowest BCUT2D eigenvalue weighted by Crippen LogP contribution is -2.21. The Labute approximate surface area is 86.5 Å². The molecule has 0 aliphatic heterocycles. The zero-order valence-corrected chi connectivity index (χ0v) is 7.90. The van der Waals surface area contributed by atoms with E-state index in [0.29, 0.717) is 0 Å².